The Balaban J connectivity index is 2.25. The number of carboxylic acids is 1. The van der Waals surface area contributed by atoms with Gasteiger partial charge < -0.3 is 25.4 Å². The molecule has 0 bridgehead atoms. The molecule has 0 radical (unpaired) electrons. The lowest BCUT2D eigenvalue weighted by Gasteiger charge is -2.23. The summed E-state index contributed by atoms with van der Waals surface area (Å²) in [5.41, 5.74) is 0. The van der Waals surface area contributed by atoms with Gasteiger partial charge in [-0.15, -0.1) is 0 Å². The van der Waals surface area contributed by atoms with Crippen LogP contribution in [-0.4, -0.2) is 67.4 Å². The summed E-state index contributed by atoms with van der Waals surface area (Å²) in [6.07, 6.45) is 1.06. The van der Waals surface area contributed by atoms with E-state index in [9.17, 15) is 9.59 Å². The van der Waals surface area contributed by atoms with Gasteiger partial charge in [0.15, 0.2) is 0 Å². The molecule has 0 aromatic rings. The molecule has 0 aliphatic carbocycles. The minimum atomic E-state index is -0.940. The number of ether oxygens (including phenoxy) is 1. The van der Waals surface area contributed by atoms with Crippen molar-refractivity contribution in [2.75, 3.05) is 33.4 Å². The lowest BCUT2D eigenvalue weighted by atomic mass is 10.0. The van der Waals surface area contributed by atoms with Gasteiger partial charge in [-0.2, -0.15) is 0 Å². The number of hydrogen-bond donors (Lipinski definition) is 3. The lowest BCUT2D eigenvalue weighted by molar-refractivity contribution is -0.142. The zero-order valence-electron chi connectivity index (χ0n) is 12.4. The molecule has 1 aliphatic heterocycles. The highest BCUT2D eigenvalue weighted by Gasteiger charge is 2.34. The molecule has 1 aliphatic rings. The molecule has 3 atom stereocenters. The SMILES string of the molecule is CCC(C)N(C)CCNC(=O)NC1COCC1C(=O)O. The molecule has 3 unspecified atom stereocenters. The van der Waals surface area contributed by atoms with Crippen molar-refractivity contribution >= 4 is 12.0 Å². The molecule has 0 saturated carbocycles. The van der Waals surface area contributed by atoms with Crippen LogP contribution >= 0.6 is 0 Å². The summed E-state index contributed by atoms with van der Waals surface area (Å²) in [5.74, 6) is -1.60. The van der Waals surface area contributed by atoms with Crippen LogP contribution in [0.4, 0.5) is 4.79 Å². The molecule has 3 N–H and O–H groups in total. The highest BCUT2D eigenvalue weighted by atomic mass is 16.5. The number of carbonyl (C=O) groups is 2. The van der Waals surface area contributed by atoms with Crippen molar-refractivity contribution in [1.29, 1.82) is 0 Å². The van der Waals surface area contributed by atoms with E-state index in [1.807, 2.05) is 7.05 Å². The summed E-state index contributed by atoms with van der Waals surface area (Å²) >= 11 is 0. The Kier molecular flexibility index (Phi) is 6.74. The Labute approximate surface area is 119 Å². The van der Waals surface area contributed by atoms with E-state index < -0.39 is 17.9 Å². The molecule has 1 saturated heterocycles. The number of nitrogens with one attached hydrogen (secondary N) is 2. The van der Waals surface area contributed by atoms with E-state index in [4.69, 9.17) is 9.84 Å². The molecular weight excluding hydrogens is 262 g/mol. The predicted molar refractivity (Wildman–Crippen MR) is 74.7 cm³/mol. The normalized spacial score (nSPS) is 23.6. The number of hydrogen-bond acceptors (Lipinski definition) is 4. The molecule has 7 heteroatoms. The van der Waals surface area contributed by atoms with Crippen molar-refractivity contribution in [1.82, 2.24) is 15.5 Å². The maximum absolute atomic E-state index is 11.7. The highest BCUT2D eigenvalue weighted by Crippen LogP contribution is 2.13. The minimum absolute atomic E-state index is 0.150. The second-order valence-electron chi connectivity index (χ2n) is 5.23. The van der Waals surface area contributed by atoms with Crippen LogP contribution in [0.1, 0.15) is 20.3 Å². The number of likely N-dealkylation sites (N-methyl/N-ethyl adjacent to an activating group) is 1. The first kappa shape index (κ1) is 16.7. The van der Waals surface area contributed by atoms with Crippen LogP contribution in [0.5, 0.6) is 0 Å². The van der Waals surface area contributed by atoms with Gasteiger partial charge >= 0.3 is 12.0 Å². The van der Waals surface area contributed by atoms with Gasteiger partial charge in [0.05, 0.1) is 19.3 Å². The standard InChI is InChI=1S/C13H25N3O4/c1-4-9(2)16(3)6-5-14-13(19)15-11-8-20-7-10(11)12(17)18/h9-11H,4-8H2,1-3H3,(H,17,18)(H2,14,15,19). The largest absolute Gasteiger partial charge is 0.481 e. The number of urea groups is 1. The van der Waals surface area contributed by atoms with Gasteiger partial charge in [0.2, 0.25) is 0 Å². The van der Waals surface area contributed by atoms with Crippen molar-refractivity contribution in [2.45, 2.75) is 32.4 Å². The van der Waals surface area contributed by atoms with Gasteiger partial charge in [0.1, 0.15) is 5.92 Å². The summed E-state index contributed by atoms with van der Waals surface area (Å²) in [6, 6.07) is -0.330. The third-order valence-electron chi connectivity index (χ3n) is 3.81. The third kappa shape index (κ3) is 4.97. The average Bonchev–Trinajstić information content (AvgIpc) is 2.85. The first-order valence-electron chi connectivity index (χ1n) is 7.00. The van der Waals surface area contributed by atoms with Gasteiger partial charge in [-0.3, -0.25) is 4.79 Å². The molecule has 1 heterocycles. The fourth-order valence-electron chi connectivity index (χ4n) is 2.04. The molecular formula is C13H25N3O4. The first-order valence-corrected chi connectivity index (χ1v) is 7.00. The van der Waals surface area contributed by atoms with Crippen LogP contribution < -0.4 is 10.6 Å². The molecule has 20 heavy (non-hydrogen) atoms. The molecule has 0 spiro atoms. The van der Waals surface area contributed by atoms with Crippen molar-refractivity contribution in [3.05, 3.63) is 0 Å². The van der Waals surface area contributed by atoms with Crippen molar-refractivity contribution in [3.8, 4) is 0 Å². The maximum atomic E-state index is 11.7. The smallest absolute Gasteiger partial charge is 0.315 e. The van der Waals surface area contributed by atoms with Gasteiger partial charge in [-0.05, 0) is 20.4 Å². The quantitative estimate of drug-likeness (QED) is 0.618. The second kappa shape index (κ2) is 8.06. The Bertz CT molecular complexity index is 338. The molecule has 0 aromatic carbocycles. The number of nitrogens with zero attached hydrogens (tertiary/aromatic N) is 1. The van der Waals surface area contributed by atoms with Crippen LogP contribution in [0.15, 0.2) is 0 Å². The molecule has 0 aromatic heterocycles. The number of rotatable bonds is 7. The van der Waals surface area contributed by atoms with E-state index in [1.54, 1.807) is 0 Å². The highest BCUT2D eigenvalue weighted by molar-refractivity contribution is 5.77. The summed E-state index contributed by atoms with van der Waals surface area (Å²) in [5, 5.41) is 14.4. The number of amides is 2. The molecule has 1 rings (SSSR count). The summed E-state index contributed by atoms with van der Waals surface area (Å²) in [6.45, 7) is 5.93. The molecule has 116 valence electrons. The lowest BCUT2D eigenvalue weighted by Crippen LogP contribution is -2.48. The van der Waals surface area contributed by atoms with E-state index in [0.717, 1.165) is 13.0 Å². The van der Waals surface area contributed by atoms with Crippen molar-refractivity contribution < 1.29 is 19.4 Å². The van der Waals surface area contributed by atoms with Gasteiger partial charge in [0, 0.05) is 19.1 Å². The maximum Gasteiger partial charge on any atom is 0.315 e. The average molecular weight is 287 g/mol. The number of aliphatic carboxylic acids is 1. The van der Waals surface area contributed by atoms with Crippen LogP contribution in [0, 0.1) is 5.92 Å². The number of carboxylic acid groups (broad SMARTS) is 1. The Morgan fingerprint density at radius 2 is 2.15 bits per heavy atom. The Morgan fingerprint density at radius 3 is 2.75 bits per heavy atom. The molecule has 2 amide bonds. The van der Waals surface area contributed by atoms with Crippen LogP contribution in [-0.2, 0) is 9.53 Å². The fourth-order valence-corrected chi connectivity index (χ4v) is 2.04. The summed E-state index contributed by atoms with van der Waals surface area (Å²) in [4.78, 5) is 24.8. The topological polar surface area (TPSA) is 90.9 Å². The minimum Gasteiger partial charge on any atom is -0.481 e. The predicted octanol–water partition coefficient (Wildman–Crippen LogP) is 0.116. The van der Waals surface area contributed by atoms with Crippen LogP contribution in [0.3, 0.4) is 0 Å². The summed E-state index contributed by atoms with van der Waals surface area (Å²) in [7, 11) is 2.01. The van der Waals surface area contributed by atoms with E-state index in [0.29, 0.717) is 12.6 Å². The third-order valence-corrected chi connectivity index (χ3v) is 3.81. The molecule has 7 nitrogen and oxygen atoms in total. The molecule has 1 fully saturated rings. The number of carbonyl (C=O) groups excluding carboxylic acids is 1. The zero-order valence-corrected chi connectivity index (χ0v) is 12.4. The van der Waals surface area contributed by atoms with E-state index >= 15 is 0 Å². The monoisotopic (exact) mass is 287 g/mol. The van der Waals surface area contributed by atoms with Crippen LogP contribution in [0.25, 0.3) is 0 Å². The van der Waals surface area contributed by atoms with Crippen molar-refractivity contribution in [3.63, 3.8) is 0 Å². The van der Waals surface area contributed by atoms with Crippen molar-refractivity contribution in [2.24, 2.45) is 5.92 Å². The first-order chi connectivity index (χ1) is 9.45. The Morgan fingerprint density at radius 1 is 1.45 bits per heavy atom. The van der Waals surface area contributed by atoms with Gasteiger partial charge in [0.25, 0.3) is 0 Å². The van der Waals surface area contributed by atoms with Gasteiger partial charge in [-0.25, -0.2) is 4.79 Å². The van der Waals surface area contributed by atoms with Crippen LogP contribution in [0.2, 0.25) is 0 Å². The second-order valence-corrected chi connectivity index (χ2v) is 5.23. The van der Waals surface area contributed by atoms with E-state index in [1.165, 1.54) is 0 Å². The fraction of sp³-hybridized carbons (Fsp3) is 0.846. The zero-order chi connectivity index (χ0) is 15.1. The Hall–Kier alpha value is -1.34. The summed E-state index contributed by atoms with van der Waals surface area (Å²) < 4.78 is 5.09. The van der Waals surface area contributed by atoms with E-state index in [2.05, 4.69) is 29.4 Å². The van der Waals surface area contributed by atoms with Gasteiger partial charge in [-0.1, -0.05) is 6.92 Å². The van der Waals surface area contributed by atoms with E-state index in [-0.39, 0.29) is 19.2 Å².